The van der Waals surface area contributed by atoms with Crippen LogP contribution in [0.4, 0.5) is 30.8 Å². The molecule has 0 saturated carbocycles. The molecule has 0 fully saturated rings. The number of anilines is 3. The number of aromatic hydroxyl groups is 2. The number of benzene rings is 2. The zero-order valence-electron chi connectivity index (χ0n) is 17.1. The maximum Gasteiger partial charge on any atom is 0.422 e. The van der Waals surface area contributed by atoms with Gasteiger partial charge in [-0.3, -0.25) is 0 Å². The van der Waals surface area contributed by atoms with Gasteiger partial charge in [0.25, 0.3) is 0 Å². The summed E-state index contributed by atoms with van der Waals surface area (Å²) in [5.74, 6) is -1.48. The van der Waals surface area contributed by atoms with Crippen molar-refractivity contribution in [2.75, 3.05) is 24.4 Å². The van der Waals surface area contributed by atoms with Crippen molar-refractivity contribution in [1.82, 2.24) is 15.0 Å². The van der Waals surface area contributed by atoms with Gasteiger partial charge in [0.05, 0.1) is 7.11 Å². The summed E-state index contributed by atoms with van der Waals surface area (Å²) in [6.45, 7) is -1.56. The van der Waals surface area contributed by atoms with Crippen molar-refractivity contribution in [3.05, 3.63) is 53.6 Å². The molecule has 0 aliphatic heterocycles. The fourth-order valence-electron chi connectivity index (χ4n) is 2.56. The van der Waals surface area contributed by atoms with E-state index in [0.29, 0.717) is 5.56 Å². The van der Waals surface area contributed by atoms with Crippen molar-refractivity contribution in [2.45, 2.75) is 12.7 Å². The Kier molecular flexibility index (Phi) is 7.00. The average molecular weight is 465 g/mol. The predicted molar refractivity (Wildman–Crippen MR) is 110 cm³/mol. The highest BCUT2D eigenvalue weighted by atomic mass is 19.4. The van der Waals surface area contributed by atoms with E-state index in [-0.39, 0.29) is 35.4 Å². The lowest BCUT2D eigenvalue weighted by Crippen LogP contribution is -2.21. The van der Waals surface area contributed by atoms with E-state index in [1.165, 1.54) is 24.3 Å². The lowest BCUT2D eigenvalue weighted by atomic mass is 10.2. The van der Waals surface area contributed by atoms with Crippen molar-refractivity contribution in [1.29, 1.82) is 0 Å². The summed E-state index contributed by atoms with van der Waals surface area (Å²) in [5, 5.41) is 25.3. The highest BCUT2D eigenvalue weighted by molar-refractivity contribution is 5.93. The first-order chi connectivity index (χ1) is 15.6. The van der Waals surface area contributed by atoms with Crippen LogP contribution in [0.15, 0.2) is 42.5 Å². The number of carbonyl (C=O) groups excluding carboxylic acids is 1. The number of ether oxygens (including phenoxy) is 2. The normalized spacial score (nSPS) is 11.0. The van der Waals surface area contributed by atoms with E-state index in [2.05, 4.69) is 35.1 Å². The van der Waals surface area contributed by atoms with Crippen LogP contribution in [-0.4, -0.2) is 51.0 Å². The minimum absolute atomic E-state index is 0.00659. The molecule has 33 heavy (non-hydrogen) atoms. The van der Waals surface area contributed by atoms with Gasteiger partial charge in [-0.25, -0.2) is 4.79 Å². The van der Waals surface area contributed by atoms with Gasteiger partial charge in [-0.05, 0) is 18.2 Å². The van der Waals surface area contributed by atoms with Crippen molar-refractivity contribution >= 4 is 23.6 Å². The molecular weight excluding hydrogens is 447 g/mol. The van der Waals surface area contributed by atoms with E-state index in [4.69, 9.17) is 0 Å². The molecule has 4 N–H and O–H groups in total. The van der Waals surface area contributed by atoms with Crippen LogP contribution in [0, 0.1) is 0 Å². The zero-order valence-corrected chi connectivity index (χ0v) is 17.1. The predicted octanol–water partition coefficient (Wildman–Crippen LogP) is 3.37. The third-order valence-corrected chi connectivity index (χ3v) is 4.07. The lowest BCUT2D eigenvalue weighted by Gasteiger charge is -2.13. The summed E-state index contributed by atoms with van der Waals surface area (Å²) in [7, 11) is 1.16. The minimum atomic E-state index is -4.61. The molecule has 0 bridgehead atoms. The van der Waals surface area contributed by atoms with Crippen LogP contribution in [0.25, 0.3) is 0 Å². The van der Waals surface area contributed by atoms with Gasteiger partial charge < -0.3 is 30.3 Å². The first kappa shape index (κ1) is 23.4. The van der Waals surface area contributed by atoms with Gasteiger partial charge >= 0.3 is 18.2 Å². The van der Waals surface area contributed by atoms with E-state index in [1.54, 1.807) is 18.2 Å². The van der Waals surface area contributed by atoms with Crippen LogP contribution in [0.3, 0.4) is 0 Å². The standard InChI is InChI=1S/C20H18F3N5O5/c1-32-16(31)13-7-6-12(8-15(13)30)25-18-26-17(24-9-11-4-2-3-5-14(11)29)27-19(28-18)33-10-20(21,22)23/h2-8,29-30H,9-10H2,1H3,(H2,24,25,26,27,28). The molecule has 0 aliphatic rings. The second kappa shape index (κ2) is 9.89. The number of hydrogen-bond acceptors (Lipinski definition) is 10. The second-order valence-corrected chi connectivity index (χ2v) is 6.50. The zero-order chi connectivity index (χ0) is 24.0. The Balaban J connectivity index is 1.84. The maximum absolute atomic E-state index is 12.6. The number of para-hydroxylation sites is 1. The molecule has 0 amide bonds. The Morgan fingerprint density at radius 2 is 1.76 bits per heavy atom. The number of phenolic OH excluding ortho intramolecular Hbond substituents is 2. The highest BCUT2D eigenvalue weighted by Crippen LogP contribution is 2.26. The van der Waals surface area contributed by atoms with Gasteiger partial charge in [-0.15, -0.1) is 0 Å². The van der Waals surface area contributed by atoms with Gasteiger partial charge in [-0.1, -0.05) is 18.2 Å². The number of aromatic nitrogens is 3. The summed E-state index contributed by atoms with van der Waals surface area (Å²) >= 11 is 0. The van der Waals surface area contributed by atoms with Gasteiger partial charge in [0, 0.05) is 23.9 Å². The highest BCUT2D eigenvalue weighted by Gasteiger charge is 2.29. The number of halogens is 3. The van der Waals surface area contributed by atoms with E-state index >= 15 is 0 Å². The van der Waals surface area contributed by atoms with E-state index in [1.807, 2.05) is 0 Å². The quantitative estimate of drug-likeness (QED) is 0.366. The Hall–Kier alpha value is -4.29. The van der Waals surface area contributed by atoms with E-state index in [9.17, 15) is 28.2 Å². The maximum atomic E-state index is 12.6. The molecule has 0 unspecified atom stereocenters. The van der Waals surface area contributed by atoms with Crippen molar-refractivity contribution < 1.29 is 37.7 Å². The van der Waals surface area contributed by atoms with Gasteiger partial charge in [0.2, 0.25) is 11.9 Å². The molecular formula is C20H18F3N5O5. The van der Waals surface area contributed by atoms with E-state index in [0.717, 1.165) is 7.11 Å². The van der Waals surface area contributed by atoms with Gasteiger partial charge in [-0.2, -0.15) is 28.1 Å². The number of esters is 1. The number of phenols is 2. The van der Waals surface area contributed by atoms with Crippen molar-refractivity contribution in [3.63, 3.8) is 0 Å². The number of carbonyl (C=O) groups is 1. The molecule has 1 aromatic heterocycles. The Bertz CT molecular complexity index is 1140. The molecule has 0 aliphatic carbocycles. The Morgan fingerprint density at radius 1 is 1.03 bits per heavy atom. The van der Waals surface area contributed by atoms with Crippen LogP contribution < -0.4 is 15.4 Å². The largest absolute Gasteiger partial charge is 0.508 e. The molecule has 0 saturated heterocycles. The van der Waals surface area contributed by atoms with Crippen LogP contribution >= 0.6 is 0 Å². The first-order valence-corrected chi connectivity index (χ1v) is 9.29. The molecule has 2 aromatic carbocycles. The summed E-state index contributed by atoms with van der Waals surface area (Å²) in [6.07, 6.45) is -4.61. The SMILES string of the molecule is COC(=O)c1ccc(Nc2nc(NCc3ccccc3O)nc(OCC(F)(F)F)n2)cc1O. The Morgan fingerprint density at radius 3 is 2.42 bits per heavy atom. The molecule has 0 radical (unpaired) electrons. The number of alkyl halides is 3. The van der Waals surface area contributed by atoms with Crippen molar-refractivity contribution in [3.8, 4) is 17.5 Å². The number of nitrogens with zero attached hydrogens (tertiary/aromatic N) is 3. The van der Waals surface area contributed by atoms with Crippen LogP contribution in [0.1, 0.15) is 15.9 Å². The summed E-state index contributed by atoms with van der Waals surface area (Å²) in [5.41, 5.74) is 0.631. The summed E-state index contributed by atoms with van der Waals surface area (Å²) in [4.78, 5) is 23.2. The topological polar surface area (TPSA) is 139 Å². The fourth-order valence-corrected chi connectivity index (χ4v) is 2.56. The Labute approximate surface area is 185 Å². The van der Waals surface area contributed by atoms with Crippen molar-refractivity contribution in [2.24, 2.45) is 0 Å². The molecule has 13 heteroatoms. The number of rotatable bonds is 8. The summed E-state index contributed by atoms with van der Waals surface area (Å²) < 4.78 is 46.8. The molecule has 10 nitrogen and oxygen atoms in total. The molecule has 1 heterocycles. The average Bonchev–Trinajstić information content (AvgIpc) is 2.76. The molecule has 0 spiro atoms. The van der Waals surface area contributed by atoms with Gasteiger partial charge in [0.15, 0.2) is 6.61 Å². The molecule has 3 rings (SSSR count). The van der Waals surface area contributed by atoms with Crippen LogP contribution in [0.2, 0.25) is 0 Å². The monoisotopic (exact) mass is 465 g/mol. The minimum Gasteiger partial charge on any atom is -0.508 e. The van der Waals surface area contributed by atoms with E-state index < -0.39 is 30.5 Å². The fraction of sp³-hybridized carbons (Fsp3) is 0.200. The number of nitrogens with one attached hydrogen (secondary N) is 2. The molecule has 0 atom stereocenters. The number of hydrogen-bond donors (Lipinski definition) is 4. The molecule has 3 aromatic rings. The van der Waals surface area contributed by atoms with Crippen LogP contribution in [0.5, 0.6) is 17.5 Å². The molecule has 174 valence electrons. The second-order valence-electron chi connectivity index (χ2n) is 6.50. The first-order valence-electron chi connectivity index (χ1n) is 9.29. The smallest absolute Gasteiger partial charge is 0.422 e. The number of methoxy groups -OCH3 is 1. The third-order valence-electron chi connectivity index (χ3n) is 4.07. The third kappa shape index (κ3) is 6.59. The lowest BCUT2D eigenvalue weighted by molar-refractivity contribution is -0.154. The summed E-state index contributed by atoms with van der Waals surface area (Å²) in [6, 6.07) is 9.69. The van der Waals surface area contributed by atoms with Gasteiger partial charge in [0.1, 0.15) is 17.1 Å². The van der Waals surface area contributed by atoms with Crippen LogP contribution in [-0.2, 0) is 11.3 Å².